The summed E-state index contributed by atoms with van der Waals surface area (Å²) in [4.78, 5) is 0. The van der Waals surface area contributed by atoms with Crippen LogP contribution in [-0.4, -0.2) is 22.4 Å². The summed E-state index contributed by atoms with van der Waals surface area (Å²) in [6.07, 6.45) is 0. The Morgan fingerprint density at radius 1 is 1.05 bits per heavy atom. The molecule has 6 heteroatoms. The number of rotatable bonds is 5. The highest BCUT2D eigenvalue weighted by Crippen LogP contribution is 2.37. The number of aromatic hydroxyl groups is 3. The Kier molecular flexibility index (Phi) is 4.77. The van der Waals surface area contributed by atoms with E-state index in [1.54, 1.807) is 19.2 Å². The second-order valence-corrected chi connectivity index (χ2v) is 4.87. The van der Waals surface area contributed by atoms with Crippen molar-refractivity contribution in [2.75, 3.05) is 7.11 Å². The molecule has 2 aromatic rings. The molecule has 0 unspecified atom stereocenters. The predicted molar refractivity (Wildman–Crippen MR) is 80.0 cm³/mol. The van der Waals surface area contributed by atoms with E-state index in [-0.39, 0.29) is 11.5 Å². The summed E-state index contributed by atoms with van der Waals surface area (Å²) in [5.74, 6) is -0.546. The van der Waals surface area contributed by atoms with Crippen molar-refractivity contribution in [3.8, 4) is 23.0 Å². The predicted octanol–water partition coefficient (Wildman–Crippen LogP) is 2.76. The maximum atomic E-state index is 9.73. The number of benzene rings is 2. The molecule has 0 atom stereocenters. The number of hydrogen-bond donors (Lipinski definition) is 4. The topological polar surface area (TPSA) is 82.0 Å². The van der Waals surface area contributed by atoms with Crippen LogP contribution in [0.2, 0.25) is 5.02 Å². The molecule has 0 aliphatic carbocycles. The van der Waals surface area contributed by atoms with E-state index in [2.05, 4.69) is 5.32 Å². The smallest absolute Gasteiger partial charge is 0.200 e. The third-order valence-electron chi connectivity index (χ3n) is 3.13. The van der Waals surface area contributed by atoms with Crippen molar-refractivity contribution < 1.29 is 20.1 Å². The molecule has 112 valence electrons. The highest BCUT2D eigenvalue weighted by Gasteiger charge is 2.11. The molecule has 2 aromatic carbocycles. The first-order valence-electron chi connectivity index (χ1n) is 6.29. The summed E-state index contributed by atoms with van der Waals surface area (Å²) in [5, 5.41) is 32.1. The third-order valence-corrected chi connectivity index (χ3v) is 3.48. The quantitative estimate of drug-likeness (QED) is 0.639. The van der Waals surface area contributed by atoms with Gasteiger partial charge in [0.05, 0.1) is 7.11 Å². The minimum atomic E-state index is -0.523. The lowest BCUT2D eigenvalue weighted by atomic mass is 10.1. The van der Waals surface area contributed by atoms with Gasteiger partial charge in [-0.3, -0.25) is 0 Å². The Morgan fingerprint density at radius 3 is 2.52 bits per heavy atom. The zero-order valence-corrected chi connectivity index (χ0v) is 12.2. The molecule has 0 radical (unpaired) electrons. The molecule has 21 heavy (non-hydrogen) atoms. The van der Waals surface area contributed by atoms with Crippen molar-refractivity contribution in [2.24, 2.45) is 0 Å². The van der Waals surface area contributed by atoms with Crippen molar-refractivity contribution in [1.82, 2.24) is 5.32 Å². The van der Waals surface area contributed by atoms with Crippen LogP contribution in [-0.2, 0) is 13.1 Å². The van der Waals surface area contributed by atoms with E-state index in [1.807, 2.05) is 6.07 Å². The molecule has 0 aromatic heterocycles. The highest BCUT2D eigenvalue weighted by atomic mass is 35.5. The van der Waals surface area contributed by atoms with E-state index in [0.29, 0.717) is 29.4 Å². The molecule has 0 heterocycles. The Bertz CT molecular complexity index is 646. The summed E-state index contributed by atoms with van der Waals surface area (Å²) in [6.45, 7) is 0.734. The van der Waals surface area contributed by atoms with E-state index in [0.717, 1.165) is 5.56 Å². The number of phenolic OH excluding ortho intramolecular Hbond substituents is 3. The van der Waals surface area contributed by atoms with Gasteiger partial charge in [-0.25, -0.2) is 0 Å². The Morgan fingerprint density at radius 2 is 1.81 bits per heavy atom. The molecular weight excluding hydrogens is 294 g/mol. The standard InChI is InChI=1S/C15H16ClNO4/c1-21-13-4-2-3-11(16)10(13)8-17-7-9-5-6-12(18)15(20)14(9)19/h2-6,17-20H,7-8H2,1H3. The average Bonchev–Trinajstić information content (AvgIpc) is 2.48. The van der Waals surface area contributed by atoms with E-state index in [4.69, 9.17) is 16.3 Å². The number of hydrogen-bond acceptors (Lipinski definition) is 5. The molecule has 0 spiro atoms. The van der Waals surface area contributed by atoms with Crippen LogP contribution in [0.15, 0.2) is 30.3 Å². The summed E-state index contributed by atoms with van der Waals surface area (Å²) >= 11 is 6.12. The lowest BCUT2D eigenvalue weighted by Crippen LogP contribution is -2.14. The average molecular weight is 310 g/mol. The molecule has 0 aliphatic heterocycles. The van der Waals surface area contributed by atoms with Gasteiger partial charge in [0.25, 0.3) is 0 Å². The molecule has 4 N–H and O–H groups in total. The molecule has 5 nitrogen and oxygen atoms in total. The van der Waals surface area contributed by atoms with E-state index >= 15 is 0 Å². The van der Waals surface area contributed by atoms with E-state index in [1.165, 1.54) is 12.1 Å². The summed E-state index contributed by atoms with van der Waals surface area (Å²) in [7, 11) is 1.57. The fraction of sp³-hybridized carbons (Fsp3) is 0.200. The molecule has 0 fully saturated rings. The minimum Gasteiger partial charge on any atom is -0.504 e. The van der Waals surface area contributed by atoms with Crippen LogP contribution in [0.3, 0.4) is 0 Å². The van der Waals surface area contributed by atoms with Crippen molar-refractivity contribution in [2.45, 2.75) is 13.1 Å². The molecule has 2 rings (SSSR count). The van der Waals surface area contributed by atoms with Crippen LogP contribution in [0.25, 0.3) is 0 Å². The van der Waals surface area contributed by atoms with Crippen LogP contribution in [0.5, 0.6) is 23.0 Å². The first-order chi connectivity index (χ1) is 10.0. The normalized spacial score (nSPS) is 10.6. The van der Waals surface area contributed by atoms with Crippen LogP contribution >= 0.6 is 11.6 Å². The third kappa shape index (κ3) is 3.32. The SMILES string of the molecule is COc1cccc(Cl)c1CNCc1ccc(O)c(O)c1O. The summed E-state index contributed by atoms with van der Waals surface area (Å²) < 4.78 is 5.24. The molecule has 0 saturated carbocycles. The van der Waals surface area contributed by atoms with Gasteiger partial charge in [-0.15, -0.1) is 0 Å². The van der Waals surface area contributed by atoms with Gasteiger partial charge in [0, 0.05) is 29.2 Å². The number of ether oxygens (including phenoxy) is 1. The van der Waals surface area contributed by atoms with Crippen molar-refractivity contribution >= 4 is 11.6 Å². The van der Waals surface area contributed by atoms with Crippen LogP contribution in [0.1, 0.15) is 11.1 Å². The summed E-state index contributed by atoms with van der Waals surface area (Å²) in [5.41, 5.74) is 1.28. The van der Waals surface area contributed by atoms with Gasteiger partial charge in [0.15, 0.2) is 11.5 Å². The monoisotopic (exact) mass is 309 g/mol. The van der Waals surface area contributed by atoms with E-state index < -0.39 is 5.75 Å². The molecular formula is C15H16ClNO4. The van der Waals surface area contributed by atoms with Gasteiger partial charge in [-0.05, 0) is 18.2 Å². The summed E-state index contributed by atoms with van der Waals surface area (Å²) in [6, 6.07) is 8.23. The number of methoxy groups -OCH3 is 1. The Labute approximate surface area is 127 Å². The zero-order chi connectivity index (χ0) is 15.4. The van der Waals surface area contributed by atoms with Gasteiger partial charge >= 0.3 is 0 Å². The Balaban J connectivity index is 2.07. The van der Waals surface area contributed by atoms with Crippen LogP contribution in [0.4, 0.5) is 0 Å². The maximum Gasteiger partial charge on any atom is 0.200 e. The first kappa shape index (κ1) is 15.3. The highest BCUT2D eigenvalue weighted by molar-refractivity contribution is 6.31. The van der Waals surface area contributed by atoms with Gasteiger partial charge in [-0.2, -0.15) is 0 Å². The van der Waals surface area contributed by atoms with Gasteiger partial charge < -0.3 is 25.4 Å². The number of nitrogens with one attached hydrogen (secondary N) is 1. The van der Waals surface area contributed by atoms with Gasteiger partial charge in [-0.1, -0.05) is 23.7 Å². The molecule has 0 bridgehead atoms. The van der Waals surface area contributed by atoms with E-state index in [9.17, 15) is 15.3 Å². The second kappa shape index (κ2) is 6.56. The van der Waals surface area contributed by atoms with Crippen molar-refractivity contribution in [3.05, 3.63) is 46.5 Å². The maximum absolute atomic E-state index is 9.73. The van der Waals surface area contributed by atoms with Crippen LogP contribution < -0.4 is 10.1 Å². The van der Waals surface area contributed by atoms with Gasteiger partial charge in [0.2, 0.25) is 5.75 Å². The number of halogens is 1. The van der Waals surface area contributed by atoms with Gasteiger partial charge in [0.1, 0.15) is 5.75 Å². The second-order valence-electron chi connectivity index (χ2n) is 4.47. The van der Waals surface area contributed by atoms with Crippen molar-refractivity contribution in [3.63, 3.8) is 0 Å². The Hall–Kier alpha value is -2.11. The fourth-order valence-electron chi connectivity index (χ4n) is 1.98. The first-order valence-corrected chi connectivity index (χ1v) is 6.67. The van der Waals surface area contributed by atoms with Crippen molar-refractivity contribution in [1.29, 1.82) is 0 Å². The zero-order valence-electron chi connectivity index (χ0n) is 11.4. The fourth-order valence-corrected chi connectivity index (χ4v) is 2.21. The molecule has 0 amide bonds. The lowest BCUT2D eigenvalue weighted by molar-refractivity contribution is 0.364. The molecule has 0 saturated heterocycles. The lowest BCUT2D eigenvalue weighted by Gasteiger charge is -2.12. The number of phenols is 3. The largest absolute Gasteiger partial charge is 0.504 e. The minimum absolute atomic E-state index is 0.300. The molecule has 0 aliphatic rings. The van der Waals surface area contributed by atoms with Crippen LogP contribution in [0, 0.1) is 0 Å².